The highest BCUT2D eigenvalue weighted by molar-refractivity contribution is 6.30. The molecule has 1 fully saturated rings. The van der Waals surface area contributed by atoms with Crippen molar-refractivity contribution in [3.63, 3.8) is 0 Å². The number of fused-ring (bicyclic) bond motifs is 1. The van der Waals surface area contributed by atoms with Crippen LogP contribution in [0.15, 0.2) is 78.9 Å². The van der Waals surface area contributed by atoms with Crippen LogP contribution in [0.4, 0.5) is 0 Å². The van der Waals surface area contributed by atoms with Crippen LogP contribution in [0.5, 0.6) is 5.75 Å². The van der Waals surface area contributed by atoms with E-state index in [0.717, 1.165) is 42.8 Å². The van der Waals surface area contributed by atoms with E-state index in [2.05, 4.69) is 85.5 Å². The summed E-state index contributed by atoms with van der Waals surface area (Å²) in [7, 11) is 0. The van der Waals surface area contributed by atoms with Crippen LogP contribution in [0.1, 0.15) is 42.9 Å². The lowest BCUT2D eigenvalue weighted by atomic mass is 9.88. The molecule has 1 saturated heterocycles. The second-order valence-corrected chi connectivity index (χ2v) is 10.3. The van der Waals surface area contributed by atoms with Gasteiger partial charge in [0.1, 0.15) is 5.75 Å². The van der Waals surface area contributed by atoms with Gasteiger partial charge in [0, 0.05) is 17.6 Å². The molecule has 3 heteroatoms. The van der Waals surface area contributed by atoms with E-state index < -0.39 is 0 Å². The minimum absolute atomic E-state index is 0.727. The molecule has 1 unspecified atom stereocenters. The van der Waals surface area contributed by atoms with Gasteiger partial charge in [-0.2, -0.15) is 0 Å². The number of ether oxygens (including phenoxy) is 1. The van der Waals surface area contributed by atoms with Crippen molar-refractivity contribution in [2.45, 2.75) is 45.6 Å². The number of benzene rings is 4. The quantitative estimate of drug-likeness (QED) is 0.233. The molecule has 0 bridgehead atoms. The normalized spacial score (nSPS) is 16.1. The van der Waals surface area contributed by atoms with Crippen LogP contribution >= 0.6 is 11.6 Å². The Bertz CT molecular complexity index is 1300. The van der Waals surface area contributed by atoms with Gasteiger partial charge in [-0.3, -0.25) is 0 Å². The lowest BCUT2D eigenvalue weighted by Crippen LogP contribution is -2.28. The SMILES string of the molecule is Cc1cc(Cl)ccc1-c1ccc2ccccc2c1Cc1ccc(OCCCN2CCCC2C)cc1. The Kier molecular flexibility index (Phi) is 7.41. The van der Waals surface area contributed by atoms with E-state index >= 15 is 0 Å². The summed E-state index contributed by atoms with van der Waals surface area (Å²) >= 11 is 6.25. The van der Waals surface area contributed by atoms with Crippen LogP contribution in [-0.2, 0) is 6.42 Å². The van der Waals surface area contributed by atoms with Gasteiger partial charge in [0.15, 0.2) is 0 Å². The number of hydrogen-bond donors (Lipinski definition) is 0. The molecule has 1 aliphatic heterocycles. The molecular weight excluding hydrogens is 450 g/mol. The van der Waals surface area contributed by atoms with Crippen LogP contribution in [0.25, 0.3) is 21.9 Å². The third-order valence-corrected chi connectivity index (χ3v) is 7.61. The molecule has 180 valence electrons. The Morgan fingerprint density at radius 2 is 1.74 bits per heavy atom. The Balaban J connectivity index is 1.33. The Hall–Kier alpha value is -2.81. The molecular formula is C32H34ClNO. The van der Waals surface area contributed by atoms with Gasteiger partial charge in [-0.15, -0.1) is 0 Å². The van der Waals surface area contributed by atoms with Crippen LogP contribution in [0, 0.1) is 6.92 Å². The van der Waals surface area contributed by atoms with Crippen LogP contribution in [-0.4, -0.2) is 30.6 Å². The van der Waals surface area contributed by atoms with Gasteiger partial charge in [0.2, 0.25) is 0 Å². The maximum absolute atomic E-state index is 6.25. The van der Waals surface area contributed by atoms with Crippen molar-refractivity contribution < 1.29 is 4.74 Å². The molecule has 0 spiro atoms. The lowest BCUT2D eigenvalue weighted by Gasteiger charge is -2.20. The topological polar surface area (TPSA) is 12.5 Å². The Morgan fingerprint density at radius 1 is 0.943 bits per heavy atom. The van der Waals surface area contributed by atoms with E-state index in [1.54, 1.807) is 0 Å². The molecule has 4 aromatic carbocycles. The van der Waals surface area contributed by atoms with Gasteiger partial charge in [-0.1, -0.05) is 66.2 Å². The fraction of sp³-hybridized carbons (Fsp3) is 0.312. The molecule has 0 radical (unpaired) electrons. The smallest absolute Gasteiger partial charge is 0.119 e. The number of hydrogen-bond acceptors (Lipinski definition) is 2. The predicted molar refractivity (Wildman–Crippen MR) is 149 cm³/mol. The van der Waals surface area contributed by atoms with E-state index in [4.69, 9.17) is 16.3 Å². The molecule has 0 aliphatic carbocycles. The first-order valence-corrected chi connectivity index (χ1v) is 13.2. The summed E-state index contributed by atoms with van der Waals surface area (Å²) in [5.41, 5.74) is 6.34. The Labute approximate surface area is 214 Å². The standard InChI is InChI=1S/C32H34ClNO/c1-23-21-27(33)13-17-29(23)31-16-12-26-8-3-4-9-30(26)32(31)22-25-10-14-28(15-11-25)35-20-6-19-34-18-5-7-24(34)2/h3-4,8-17,21,24H,5-7,18-20,22H2,1-2H3. The summed E-state index contributed by atoms with van der Waals surface area (Å²) in [6, 6.07) is 28.7. The zero-order valence-corrected chi connectivity index (χ0v) is 21.5. The highest BCUT2D eigenvalue weighted by Gasteiger charge is 2.19. The van der Waals surface area contributed by atoms with E-state index in [0.29, 0.717) is 0 Å². The summed E-state index contributed by atoms with van der Waals surface area (Å²) in [6.45, 7) is 7.61. The molecule has 2 nitrogen and oxygen atoms in total. The van der Waals surface area contributed by atoms with Crippen molar-refractivity contribution in [3.05, 3.63) is 101 Å². The third-order valence-electron chi connectivity index (χ3n) is 7.37. The van der Waals surface area contributed by atoms with Gasteiger partial charge in [-0.05, 0) is 109 Å². The average molecular weight is 484 g/mol. The summed E-state index contributed by atoms with van der Waals surface area (Å²) in [5.74, 6) is 0.954. The predicted octanol–water partition coefficient (Wildman–Crippen LogP) is 8.31. The zero-order valence-electron chi connectivity index (χ0n) is 20.8. The van der Waals surface area contributed by atoms with Crippen molar-refractivity contribution >= 4 is 22.4 Å². The molecule has 0 aromatic heterocycles. The second-order valence-electron chi connectivity index (χ2n) is 9.82. The minimum Gasteiger partial charge on any atom is -0.494 e. The molecule has 4 aromatic rings. The van der Waals surface area contributed by atoms with Crippen molar-refractivity contribution in [1.29, 1.82) is 0 Å². The molecule has 5 rings (SSSR count). The minimum atomic E-state index is 0.727. The largest absolute Gasteiger partial charge is 0.494 e. The number of halogens is 1. The first-order chi connectivity index (χ1) is 17.1. The van der Waals surface area contributed by atoms with Crippen molar-refractivity contribution in [2.24, 2.45) is 0 Å². The highest BCUT2D eigenvalue weighted by Crippen LogP contribution is 2.35. The highest BCUT2D eigenvalue weighted by atomic mass is 35.5. The van der Waals surface area contributed by atoms with Crippen LogP contribution in [0.2, 0.25) is 5.02 Å². The van der Waals surface area contributed by atoms with E-state index in [-0.39, 0.29) is 0 Å². The summed E-state index contributed by atoms with van der Waals surface area (Å²) in [5, 5.41) is 3.35. The molecule has 1 atom stereocenters. The van der Waals surface area contributed by atoms with E-state index in [1.807, 2.05) is 12.1 Å². The molecule has 0 N–H and O–H groups in total. The molecule has 0 saturated carbocycles. The number of rotatable bonds is 8. The summed E-state index contributed by atoms with van der Waals surface area (Å²) < 4.78 is 6.06. The van der Waals surface area contributed by atoms with Crippen molar-refractivity contribution in [2.75, 3.05) is 19.7 Å². The number of aryl methyl sites for hydroxylation is 1. The Morgan fingerprint density at radius 3 is 2.51 bits per heavy atom. The zero-order chi connectivity index (χ0) is 24.2. The van der Waals surface area contributed by atoms with Crippen LogP contribution < -0.4 is 4.74 Å². The van der Waals surface area contributed by atoms with Gasteiger partial charge in [-0.25, -0.2) is 0 Å². The molecule has 0 amide bonds. The fourth-order valence-corrected chi connectivity index (χ4v) is 5.62. The summed E-state index contributed by atoms with van der Waals surface area (Å²) in [4.78, 5) is 2.58. The first kappa shape index (κ1) is 23.9. The van der Waals surface area contributed by atoms with Crippen molar-refractivity contribution in [1.82, 2.24) is 4.90 Å². The van der Waals surface area contributed by atoms with Crippen LogP contribution in [0.3, 0.4) is 0 Å². The van der Waals surface area contributed by atoms with E-state index in [1.165, 1.54) is 58.0 Å². The number of likely N-dealkylation sites (tertiary alicyclic amines) is 1. The number of nitrogens with zero attached hydrogens (tertiary/aromatic N) is 1. The van der Waals surface area contributed by atoms with Gasteiger partial charge in [0.05, 0.1) is 6.61 Å². The van der Waals surface area contributed by atoms with Gasteiger partial charge in [0.25, 0.3) is 0 Å². The molecule has 1 heterocycles. The molecule has 1 aliphatic rings. The first-order valence-electron chi connectivity index (χ1n) is 12.8. The maximum Gasteiger partial charge on any atom is 0.119 e. The fourth-order valence-electron chi connectivity index (χ4n) is 5.40. The third kappa shape index (κ3) is 5.55. The average Bonchev–Trinajstić information content (AvgIpc) is 3.28. The maximum atomic E-state index is 6.25. The summed E-state index contributed by atoms with van der Waals surface area (Å²) in [6.07, 6.45) is 4.61. The van der Waals surface area contributed by atoms with Crippen molar-refractivity contribution in [3.8, 4) is 16.9 Å². The second kappa shape index (κ2) is 10.8. The monoisotopic (exact) mass is 483 g/mol. The van der Waals surface area contributed by atoms with Gasteiger partial charge >= 0.3 is 0 Å². The lowest BCUT2D eigenvalue weighted by molar-refractivity contribution is 0.230. The van der Waals surface area contributed by atoms with Gasteiger partial charge < -0.3 is 9.64 Å². The molecule has 35 heavy (non-hydrogen) atoms. The van der Waals surface area contributed by atoms with E-state index in [9.17, 15) is 0 Å².